The molecular formula is C13H14F3NO2S. The number of hydrogen-bond acceptors (Lipinski definition) is 3. The molecule has 1 aliphatic rings. The van der Waals surface area contributed by atoms with Gasteiger partial charge in [-0.05, 0) is 42.4 Å². The number of thioether (sulfide) groups is 1. The molecule has 0 saturated carbocycles. The minimum atomic E-state index is -4.33. The number of likely N-dealkylation sites (tertiary alicyclic amines) is 1. The summed E-state index contributed by atoms with van der Waals surface area (Å²) >= 11 is -0.212. The molecule has 0 bridgehead atoms. The Bertz CT molecular complexity index is 495. The zero-order valence-corrected chi connectivity index (χ0v) is 11.6. The van der Waals surface area contributed by atoms with Crippen molar-refractivity contribution >= 4 is 17.7 Å². The molecule has 1 N–H and O–H groups in total. The van der Waals surface area contributed by atoms with Crippen molar-refractivity contribution in [3.63, 3.8) is 0 Å². The van der Waals surface area contributed by atoms with E-state index in [4.69, 9.17) is 0 Å². The third-order valence-electron chi connectivity index (χ3n) is 3.25. The molecule has 7 heteroatoms. The van der Waals surface area contributed by atoms with Crippen LogP contribution >= 0.6 is 11.8 Å². The SMILES string of the molecule is CCC1(O)CN(C(=O)c2ccc(SC(F)(F)F)cc2)C1. The Morgan fingerprint density at radius 1 is 1.35 bits per heavy atom. The quantitative estimate of drug-likeness (QED) is 0.873. The van der Waals surface area contributed by atoms with Gasteiger partial charge in [0.15, 0.2) is 0 Å². The van der Waals surface area contributed by atoms with Crippen molar-refractivity contribution in [2.24, 2.45) is 0 Å². The number of carbonyl (C=O) groups excluding carboxylic acids is 1. The molecule has 1 amide bonds. The summed E-state index contributed by atoms with van der Waals surface area (Å²) in [4.78, 5) is 13.5. The minimum Gasteiger partial charge on any atom is -0.386 e. The highest BCUT2D eigenvalue weighted by Gasteiger charge is 2.42. The molecule has 1 aromatic carbocycles. The monoisotopic (exact) mass is 305 g/mol. The van der Waals surface area contributed by atoms with Gasteiger partial charge in [-0.3, -0.25) is 4.79 Å². The summed E-state index contributed by atoms with van der Waals surface area (Å²) in [5.74, 6) is -0.272. The van der Waals surface area contributed by atoms with E-state index in [0.29, 0.717) is 12.0 Å². The number of nitrogens with zero attached hydrogens (tertiary/aromatic N) is 1. The largest absolute Gasteiger partial charge is 0.446 e. The molecule has 110 valence electrons. The number of benzene rings is 1. The lowest BCUT2D eigenvalue weighted by atomic mass is 9.91. The standard InChI is InChI=1S/C13H14F3NO2S/c1-2-12(19)7-17(8-12)11(18)9-3-5-10(6-4-9)20-13(14,15)16/h3-6,19H,2,7-8H2,1H3. The van der Waals surface area contributed by atoms with Gasteiger partial charge < -0.3 is 10.0 Å². The van der Waals surface area contributed by atoms with Crippen LogP contribution < -0.4 is 0 Å². The Kier molecular flexibility index (Phi) is 4.02. The molecule has 1 aliphatic heterocycles. The average Bonchev–Trinajstić information content (AvgIpc) is 2.33. The van der Waals surface area contributed by atoms with Crippen molar-refractivity contribution in [3.8, 4) is 0 Å². The highest BCUT2D eigenvalue weighted by molar-refractivity contribution is 8.00. The first-order chi connectivity index (χ1) is 9.22. The van der Waals surface area contributed by atoms with Crippen molar-refractivity contribution in [2.75, 3.05) is 13.1 Å². The van der Waals surface area contributed by atoms with Crippen molar-refractivity contribution in [3.05, 3.63) is 29.8 Å². The van der Waals surface area contributed by atoms with Crippen molar-refractivity contribution < 1.29 is 23.1 Å². The van der Waals surface area contributed by atoms with Crippen molar-refractivity contribution in [1.82, 2.24) is 4.90 Å². The van der Waals surface area contributed by atoms with Crippen molar-refractivity contribution in [2.45, 2.75) is 29.3 Å². The van der Waals surface area contributed by atoms with Crippen LogP contribution in [0.15, 0.2) is 29.2 Å². The number of β-amino-alcohol motifs (C(OH)–C–C–N with tert-alkyl or cyclic N) is 1. The zero-order valence-electron chi connectivity index (χ0n) is 10.8. The summed E-state index contributed by atoms with van der Waals surface area (Å²) in [6, 6.07) is 5.30. The minimum absolute atomic E-state index is 0.0442. The number of carbonyl (C=O) groups is 1. The van der Waals surface area contributed by atoms with E-state index in [0.717, 1.165) is 0 Å². The van der Waals surface area contributed by atoms with Crippen LogP contribution in [0.4, 0.5) is 13.2 Å². The van der Waals surface area contributed by atoms with Gasteiger partial charge in [-0.15, -0.1) is 0 Å². The van der Waals surface area contributed by atoms with Gasteiger partial charge in [-0.25, -0.2) is 0 Å². The van der Waals surface area contributed by atoms with Crippen LogP contribution in [0.25, 0.3) is 0 Å². The highest BCUT2D eigenvalue weighted by Crippen LogP contribution is 2.36. The van der Waals surface area contributed by atoms with Crippen LogP contribution in [0.2, 0.25) is 0 Å². The van der Waals surface area contributed by atoms with Crippen molar-refractivity contribution in [1.29, 1.82) is 0 Å². The predicted octanol–water partition coefficient (Wildman–Crippen LogP) is 2.90. The summed E-state index contributed by atoms with van der Waals surface area (Å²) in [6.45, 7) is 2.37. The normalized spacial score (nSPS) is 17.8. The van der Waals surface area contributed by atoms with Gasteiger partial charge >= 0.3 is 5.51 Å². The average molecular weight is 305 g/mol. The van der Waals surface area contributed by atoms with E-state index in [1.807, 2.05) is 6.92 Å². The van der Waals surface area contributed by atoms with Crippen LogP contribution in [0.1, 0.15) is 23.7 Å². The summed E-state index contributed by atoms with van der Waals surface area (Å²) in [5, 5.41) is 9.83. The van der Waals surface area contributed by atoms with Gasteiger partial charge in [0, 0.05) is 10.5 Å². The van der Waals surface area contributed by atoms with Crippen LogP contribution in [0.5, 0.6) is 0 Å². The van der Waals surface area contributed by atoms with Gasteiger partial charge in [0.25, 0.3) is 5.91 Å². The van der Waals surface area contributed by atoms with Gasteiger partial charge in [0.1, 0.15) is 0 Å². The van der Waals surface area contributed by atoms with Crippen LogP contribution in [-0.4, -0.2) is 40.1 Å². The molecule has 1 aromatic rings. The molecule has 0 unspecified atom stereocenters. The van der Waals surface area contributed by atoms with Gasteiger partial charge in [-0.2, -0.15) is 13.2 Å². The predicted molar refractivity (Wildman–Crippen MR) is 69.5 cm³/mol. The van der Waals surface area contributed by atoms with E-state index in [1.165, 1.54) is 29.2 Å². The van der Waals surface area contributed by atoms with E-state index < -0.39 is 11.1 Å². The van der Waals surface area contributed by atoms with Crippen LogP contribution in [0, 0.1) is 0 Å². The van der Waals surface area contributed by atoms with Crippen LogP contribution in [-0.2, 0) is 0 Å². The van der Waals surface area contributed by atoms with E-state index >= 15 is 0 Å². The molecule has 1 heterocycles. The summed E-state index contributed by atoms with van der Waals surface area (Å²) in [6.07, 6.45) is 0.567. The smallest absolute Gasteiger partial charge is 0.386 e. The van der Waals surface area contributed by atoms with E-state index in [2.05, 4.69) is 0 Å². The third-order valence-corrected chi connectivity index (χ3v) is 3.99. The number of amides is 1. The maximum Gasteiger partial charge on any atom is 0.446 e. The summed E-state index contributed by atoms with van der Waals surface area (Å²) < 4.78 is 36.5. The second kappa shape index (κ2) is 5.29. The van der Waals surface area contributed by atoms with Gasteiger partial charge in [0.2, 0.25) is 0 Å². The first-order valence-corrected chi connectivity index (χ1v) is 6.91. The molecule has 1 saturated heterocycles. The van der Waals surface area contributed by atoms with Crippen LogP contribution in [0.3, 0.4) is 0 Å². The lowest BCUT2D eigenvalue weighted by molar-refractivity contribution is -0.0826. The number of alkyl halides is 3. The highest BCUT2D eigenvalue weighted by atomic mass is 32.2. The lowest BCUT2D eigenvalue weighted by Gasteiger charge is -2.46. The lowest BCUT2D eigenvalue weighted by Crippen LogP contribution is -2.63. The molecular weight excluding hydrogens is 291 g/mol. The maximum atomic E-state index is 12.2. The number of halogens is 3. The fourth-order valence-electron chi connectivity index (χ4n) is 2.01. The number of hydrogen-bond donors (Lipinski definition) is 1. The Labute approximate surface area is 118 Å². The third kappa shape index (κ3) is 3.46. The molecule has 3 nitrogen and oxygen atoms in total. The fourth-order valence-corrected chi connectivity index (χ4v) is 2.55. The Balaban J connectivity index is 1.99. The Morgan fingerprint density at radius 2 is 1.90 bits per heavy atom. The number of rotatable bonds is 3. The molecule has 0 atom stereocenters. The second-order valence-electron chi connectivity index (χ2n) is 4.81. The van der Waals surface area contributed by atoms with Gasteiger partial charge in [0.05, 0.1) is 18.7 Å². The molecule has 1 fully saturated rings. The maximum absolute atomic E-state index is 12.2. The molecule has 0 radical (unpaired) electrons. The fraction of sp³-hybridized carbons (Fsp3) is 0.462. The summed E-state index contributed by atoms with van der Waals surface area (Å²) in [5.41, 5.74) is -4.82. The zero-order chi connectivity index (χ0) is 15.0. The molecule has 2 rings (SSSR count). The first-order valence-electron chi connectivity index (χ1n) is 6.10. The second-order valence-corrected chi connectivity index (χ2v) is 5.95. The molecule has 20 heavy (non-hydrogen) atoms. The van der Waals surface area contributed by atoms with E-state index in [9.17, 15) is 23.1 Å². The number of aliphatic hydroxyl groups is 1. The molecule has 0 aromatic heterocycles. The Hall–Kier alpha value is -1.21. The van der Waals surface area contributed by atoms with E-state index in [-0.39, 0.29) is 35.7 Å². The molecule has 0 aliphatic carbocycles. The Morgan fingerprint density at radius 3 is 2.35 bits per heavy atom. The van der Waals surface area contributed by atoms with Gasteiger partial charge in [-0.1, -0.05) is 6.92 Å². The summed E-state index contributed by atoms with van der Waals surface area (Å²) in [7, 11) is 0. The van der Waals surface area contributed by atoms with E-state index in [1.54, 1.807) is 0 Å². The molecule has 0 spiro atoms. The first kappa shape index (κ1) is 15.2. The topological polar surface area (TPSA) is 40.5 Å².